The summed E-state index contributed by atoms with van der Waals surface area (Å²) in [4.78, 5) is 0. The average molecular weight is 243 g/mol. The Labute approximate surface area is 80.0 Å². The molecule has 0 aromatic carbocycles. The Morgan fingerprint density at radius 2 is 1.73 bits per heavy atom. The first-order valence-corrected chi connectivity index (χ1v) is 7.17. The lowest BCUT2D eigenvalue weighted by Gasteiger charge is -1.95. The summed E-state index contributed by atoms with van der Waals surface area (Å²) >= 11 is 13.8. The van der Waals surface area contributed by atoms with Crippen LogP contribution in [0, 0.1) is 0 Å². The van der Waals surface area contributed by atoms with E-state index in [1.165, 1.54) is 0 Å². The quantitative estimate of drug-likeness (QED) is 0.733. The molecule has 70 valence electrons. The molecule has 1 atom stereocenters. The van der Waals surface area contributed by atoms with Crippen molar-refractivity contribution in [3.63, 3.8) is 0 Å². The molecule has 0 aromatic heterocycles. The van der Waals surface area contributed by atoms with Crippen molar-refractivity contribution in [2.24, 2.45) is 0 Å². The fraction of sp³-hybridized carbons (Fsp3) is 1.00. The summed E-state index contributed by atoms with van der Waals surface area (Å²) in [6.45, 7) is 1.73. The van der Waals surface area contributed by atoms with Gasteiger partial charge in [-0.2, -0.15) is 0 Å². The molecule has 1 unspecified atom stereocenters. The predicted octanol–water partition coefficient (Wildman–Crippen LogP) is 2.56. The van der Waals surface area contributed by atoms with Gasteiger partial charge in [-0.3, -0.25) is 4.57 Å². The van der Waals surface area contributed by atoms with Gasteiger partial charge in [-0.15, -0.1) is 0 Å². The molecule has 0 aliphatic carbocycles. The molecule has 0 aliphatic rings. The van der Waals surface area contributed by atoms with E-state index in [0.29, 0.717) is 6.42 Å². The van der Waals surface area contributed by atoms with Crippen LogP contribution in [-0.2, 0) is 4.57 Å². The summed E-state index contributed by atoms with van der Waals surface area (Å²) in [5, 5.41) is 13.2. The monoisotopic (exact) mass is 242 g/mol. The Kier molecular flexibility index (Phi) is 10.1. The van der Waals surface area contributed by atoms with E-state index in [1.807, 2.05) is 0 Å². The molecule has 0 radical (unpaired) electrons. The molecule has 0 rings (SSSR count). The first-order valence-electron chi connectivity index (χ1n) is 2.75. The second-order valence-corrected chi connectivity index (χ2v) is 8.40. The van der Waals surface area contributed by atoms with E-state index in [1.54, 1.807) is 6.92 Å². The van der Waals surface area contributed by atoms with Crippen LogP contribution in [0.15, 0.2) is 0 Å². The van der Waals surface area contributed by atoms with E-state index in [-0.39, 0.29) is 12.7 Å². The van der Waals surface area contributed by atoms with Gasteiger partial charge in [0.2, 0.25) is 0 Å². The first kappa shape index (κ1) is 14.5. The van der Waals surface area contributed by atoms with Crippen molar-refractivity contribution in [3.05, 3.63) is 0 Å². The summed E-state index contributed by atoms with van der Waals surface area (Å²) in [5.41, 5.74) is 0. The molecule has 0 aliphatic heterocycles. The van der Waals surface area contributed by atoms with Gasteiger partial charge < -0.3 is 10.2 Å². The topological polar surface area (TPSA) is 57.5 Å². The van der Waals surface area contributed by atoms with Crippen molar-refractivity contribution in [2.75, 3.05) is 6.61 Å². The van der Waals surface area contributed by atoms with Gasteiger partial charge in [0, 0.05) is 6.61 Å². The smallest absolute Gasteiger partial charge is 0.339 e. The van der Waals surface area contributed by atoms with Crippen LogP contribution in [0.25, 0.3) is 0 Å². The summed E-state index contributed by atoms with van der Waals surface area (Å²) in [6, 6.07) is 0. The lowest BCUT2D eigenvalue weighted by atomic mass is 10.3. The van der Waals surface area contributed by atoms with Crippen molar-refractivity contribution in [1.82, 2.24) is 0 Å². The zero-order valence-corrected chi connectivity index (χ0v) is 9.04. The van der Waals surface area contributed by atoms with Crippen molar-refractivity contribution in [2.45, 2.75) is 19.4 Å². The van der Waals surface area contributed by atoms with Crippen LogP contribution >= 0.6 is 38.9 Å². The summed E-state index contributed by atoms with van der Waals surface area (Å²) in [6.07, 6.45) is 0.134. The second-order valence-electron chi connectivity index (χ2n) is 1.76. The van der Waals surface area contributed by atoms with Crippen LogP contribution in [0.5, 0.6) is 0 Å². The van der Waals surface area contributed by atoms with E-state index in [2.05, 4.69) is 33.7 Å². The zero-order chi connectivity index (χ0) is 9.49. The number of halogens is 3. The standard InChI is InChI=1S/C4H10O2.Cl3OP/c1-4(6)2-3-5;1-5(2,3)4/h4-6H,2-3H2,1H3;. The van der Waals surface area contributed by atoms with Crippen LogP contribution in [0.3, 0.4) is 0 Å². The number of hydrogen-bond donors (Lipinski definition) is 2. The molecule has 11 heavy (non-hydrogen) atoms. The maximum Gasteiger partial charge on any atom is 0.339 e. The molecule has 3 nitrogen and oxygen atoms in total. The number of aliphatic hydroxyl groups excluding tert-OH is 2. The van der Waals surface area contributed by atoms with Gasteiger partial charge in [-0.1, -0.05) is 0 Å². The zero-order valence-electron chi connectivity index (χ0n) is 5.88. The molecular formula is C4H10Cl3O3P. The van der Waals surface area contributed by atoms with Crippen LogP contribution < -0.4 is 0 Å². The normalized spacial score (nSPS) is 13.3. The Morgan fingerprint density at radius 1 is 1.45 bits per heavy atom. The minimum Gasteiger partial charge on any atom is -0.396 e. The molecule has 0 saturated carbocycles. The van der Waals surface area contributed by atoms with E-state index in [0.717, 1.165) is 0 Å². The molecule has 2 N–H and O–H groups in total. The third kappa shape index (κ3) is 55.5. The Balaban J connectivity index is 0. The van der Waals surface area contributed by atoms with Crippen molar-refractivity contribution in [3.8, 4) is 0 Å². The molecule has 0 heterocycles. The van der Waals surface area contributed by atoms with E-state index in [9.17, 15) is 4.57 Å². The first-order chi connectivity index (χ1) is 4.77. The number of aliphatic hydroxyl groups is 2. The molecular weight excluding hydrogens is 233 g/mol. The van der Waals surface area contributed by atoms with E-state index in [4.69, 9.17) is 10.2 Å². The third-order valence-electron chi connectivity index (χ3n) is 0.547. The maximum absolute atomic E-state index is 9.51. The molecule has 0 aromatic rings. The molecule has 0 spiro atoms. The molecule has 7 heteroatoms. The Morgan fingerprint density at radius 3 is 1.73 bits per heavy atom. The average Bonchev–Trinajstić information content (AvgIpc) is 1.58. The minimum absolute atomic E-state index is 0.0810. The van der Waals surface area contributed by atoms with Gasteiger partial charge in [0.25, 0.3) is 0 Å². The molecule has 0 bridgehead atoms. The molecule has 0 saturated heterocycles. The van der Waals surface area contributed by atoms with Gasteiger partial charge >= 0.3 is 5.20 Å². The number of rotatable bonds is 2. The largest absolute Gasteiger partial charge is 0.396 e. The summed E-state index contributed by atoms with van der Waals surface area (Å²) in [5.74, 6) is 0. The third-order valence-corrected chi connectivity index (χ3v) is 0.547. The van der Waals surface area contributed by atoms with Gasteiger partial charge in [-0.05, 0) is 47.1 Å². The Hall–Kier alpha value is 1.02. The summed E-state index contributed by atoms with van der Waals surface area (Å²) < 4.78 is 9.51. The highest BCUT2D eigenvalue weighted by Crippen LogP contribution is 2.61. The minimum atomic E-state index is -3.22. The lowest BCUT2D eigenvalue weighted by Crippen LogP contribution is -2.00. The van der Waals surface area contributed by atoms with Crippen LogP contribution in [0.1, 0.15) is 13.3 Å². The van der Waals surface area contributed by atoms with Crippen molar-refractivity contribution in [1.29, 1.82) is 0 Å². The van der Waals surface area contributed by atoms with E-state index >= 15 is 0 Å². The van der Waals surface area contributed by atoms with Crippen LogP contribution in [0.2, 0.25) is 0 Å². The van der Waals surface area contributed by atoms with E-state index < -0.39 is 5.20 Å². The fourth-order valence-corrected chi connectivity index (χ4v) is 0.187. The summed E-state index contributed by atoms with van der Waals surface area (Å²) in [7, 11) is 0. The van der Waals surface area contributed by atoms with Crippen molar-refractivity contribution >= 4 is 38.9 Å². The Bertz CT molecular complexity index is 115. The SMILES string of the molecule is CC(O)CCO.O=P(Cl)(Cl)Cl. The lowest BCUT2D eigenvalue weighted by molar-refractivity contribution is 0.148. The molecule has 0 amide bonds. The molecule has 0 fully saturated rings. The highest BCUT2D eigenvalue weighted by Gasteiger charge is 2.02. The highest BCUT2D eigenvalue weighted by atomic mass is 36.0. The van der Waals surface area contributed by atoms with Gasteiger partial charge in [0.15, 0.2) is 0 Å². The van der Waals surface area contributed by atoms with Crippen molar-refractivity contribution < 1.29 is 14.8 Å². The van der Waals surface area contributed by atoms with Gasteiger partial charge in [0.1, 0.15) is 0 Å². The van der Waals surface area contributed by atoms with Crippen LogP contribution in [0.4, 0.5) is 0 Å². The van der Waals surface area contributed by atoms with Crippen LogP contribution in [-0.4, -0.2) is 22.9 Å². The second kappa shape index (κ2) is 7.66. The predicted molar refractivity (Wildman–Crippen MR) is 48.5 cm³/mol. The number of hydrogen-bond acceptors (Lipinski definition) is 3. The van der Waals surface area contributed by atoms with Gasteiger partial charge in [-0.25, -0.2) is 0 Å². The maximum atomic E-state index is 9.51. The van der Waals surface area contributed by atoms with Gasteiger partial charge in [0.05, 0.1) is 6.10 Å². The highest BCUT2D eigenvalue weighted by molar-refractivity contribution is 8.24. The fourth-order valence-electron chi connectivity index (χ4n) is 0.187.